The fraction of sp³-hybridized carbons (Fsp3) is 0.618. The van der Waals surface area contributed by atoms with Crippen molar-refractivity contribution in [2.45, 2.75) is 200 Å². The van der Waals surface area contributed by atoms with Gasteiger partial charge in [0, 0.05) is 13.0 Å². The molecule has 0 aliphatic carbocycles. The zero-order chi connectivity index (χ0) is 42.6. The van der Waals surface area contributed by atoms with Gasteiger partial charge in [-0.2, -0.15) is 0 Å². The number of aliphatic hydroxyl groups excluding tert-OH is 1. The maximum atomic E-state index is 12.3. The summed E-state index contributed by atoms with van der Waals surface area (Å²) >= 11 is 0. The Morgan fingerprint density at radius 2 is 0.712 bits per heavy atom. The van der Waals surface area contributed by atoms with Crippen LogP contribution in [0.3, 0.4) is 0 Å². The molecule has 0 aliphatic rings. The molecule has 1 unspecified atom stereocenters. The predicted molar refractivity (Wildman–Crippen MR) is 260 cm³/mol. The van der Waals surface area contributed by atoms with Gasteiger partial charge in [-0.25, -0.2) is 0 Å². The van der Waals surface area contributed by atoms with Crippen molar-refractivity contribution in [3.05, 3.63) is 122 Å². The van der Waals surface area contributed by atoms with E-state index in [0.717, 1.165) is 96.3 Å². The largest absolute Gasteiger partial charge is 0.457 e. The summed E-state index contributed by atoms with van der Waals surface area (Å²) in [5.41, 5.74) is 0. The topological polar surface area (TPSA) is 55.8 Å². The van der Waals surface area contributed by atoms with E-state index in [0.29, 0.717) is 13.0 Å². The molecule has 334 valence electrons. The first-order chi connectivity index (χ1) is 29.2. The smallest absolute Gasteiger partial charge is 0.306 e. The summed E-state index contributed by atoms with van der Waals surface area (Å²) in [5, 5.41) is 9.64. The van der Waals surface area contributed by atoms with Gasteiger partial charge in [0.05, 0.1) is 13.2 Å². The number of allylic oxidation sites excluding steroid dienone is 20. The molecule has 4 nitrogen and oxygen atoms in total. The summed E-state index contributed by atoms with van der Waals surface area (Å²) in [5.74, 6) is -0.218. The number of carbonyl (C=O) groups is 1. The first kappa shape index (κ1) is 55.8. The fourth-order valence-corrected chi connectivity index (χ4v) is 6.26. The Kier molecular flexibility index (Phi) is 48.2. The van der Waals surface area contributed by atoms with Crippen LogP contribution in [-0.2, 0) is 14.3 Å². The second kappa shape index (κ2) is 50.9. The molecule has 0 amide bonds. The SMILES string of the molecule is CC/C=C\C/C=C\C/C=C\C/C=C\C/C=C\CCCCCCCCCCCC(=O)OC(CO)COCCCCCCCC/C=C\C/C=C\C/C=C\C/C=C\C/C=C\CC. The molecule has 1 N–H and O–H groups in total. The van der Waals surface area contributed by atoms with E-state index in [9.17, 15) is 9.90 Å². The number of unbranched alkanes of at least 4 members (excludes halogenated alkanes) is 15. The Balaban J connectivity index is 3.53. The van der Waals surface area contributed by atoms with Crippen molar-refractivity contribution in [2.75, 3.05) is 19.8 Å². The predicted octanol–water partition coefficient (Wildman–Crippen LogP) is 16.4. The Bertz CT molecular complexity index is 1180. The van der Waals surface area contributed by atoms with E-state index in [4.69, 9.17) is 9.47 Å². The van der Waals surface area contributed by atoms with Crippen LogP contribution in [0, 0.1) is 0 Å². The second-order valence-electron chi connectivity index (χ2n) is 15.4. The number of rotatable bonds is 43. The minimum atomic E-state index is -0.556. The van der Waals surface area contributed by atoms with Crippen molar-refractivity contribution in [3.63, 3.8) is 0 Å². The van der Waals surface area contributed by atoms with E-state index in [-0.39, 0.29) is 19.2 Å². The quantitative estimate of drug-likeness (QED) is 0.0378. The minimum absolute atomic E-state index is 0.189. The van der Waals surface area contributed by atoms with Gasteiger partial charge in [-0.3, -0.25) is 4.79 Å². The van der Waals surface area contributed by atoms with Crippen molar-refractivity contribution in [3.8, 4) is 0 Å². The van der Waals surface area contributed by atoms with Gasteiger partial charge in [-0.1, -0.05) is 206 Å². The molecule has 0 bridgehead atoms. The molecule has 0 spiro atoms. The molecule has 0 aromatic carbocycles. The lowest BCUT2D eigenvalue weighted by Crippen LogP contribution is -2.27. The summed E-state index contributed by atoms with van der Waals surface area (Å²) in [4.78, 5) is 12.3. The van der Waals surface area contributed by atoms with Gasteiger partial charge in [0.1, 0.15) is 6.10 Å². The van der Waals surface area contributed by atoms with E-state index in [1.54, 1.807) is 0 Å². The lowest BCUT2D eigenvalue weighted by molar-refractivity contribution is -0.154. The minimum Gasteiger partial charge on any atom is -0.457 e. The molecule has 0 heterocycles. The van der Waals surface area contributed by atoms with Gasteiger partial charge in [-0.05, 0) is 103 Å². The van der Waals surface area contributed by atoms with Crippen molar-refractivity contribution < 1.29 is 19.4 Å². The highest BCUT2D eigenvalue weighted by Crippen LogP contribution is 2.13. The third kappa shape index (κ3) is 49.1. The van der Waals surface area contributed by atoms with E-state index in [1.165, 1.54) is 77.0 Å². The Hall–Kier alpha value is -3.21. The molecule has 0 aromatic heterocycles. The second-order valence-corrected chi connectivity index (χ2v) is 15.4. The summed E-state index contributed by atoms with van der Waals surface area (Å²) < 4.78 is 11.2. The van der Waals surface area contributed by atoms with E-state index >= 15 is 0 Å². The normalized spacial score (nSPS) is 13.5. The third-order valence-electron chi connectivity index (χ3n) is 9.78. The van der Waals surface area contributed by atoms with E-state index in [2.05, 4.69) is 135 Å². The average Bonchev–Trinajstić information content (AvgIpc) is 3.24. The number of ether oxygens (including phenoxy) is 2. The first-order valence-corrected chi connectivity index (χ1v) is 24.1. The number of aliphatic hydroxyl groups is 1. The Labute approximate surface area is 365 Å². The standard InChI is InChI=1S/C55H90O4/c1-3-5-7-9-11-13-15-17-19-21-23-25-27-28-29-30-32-34-36-38-40-42-44-46-48-50-55(57)59-54(52-56)53-58-51-49-47-45-43-41-39-37-35-33-31-26-24-22-20-18-16-14-12-10-8-6-4-2/h5-8,11-14,17-20,23-26,28-29,33,35,54,56H,3-4,9-10,15-16,21-22,27,30-32,34,36-53H2,1-2H3/b7-5-,8-6-,13-11-,14-12-,19-17-,20-18-,25-23-,26-24-,29-28-,35-33-. The summed E-state index contributed by atoms with van der Waals surface area (Å²) in [6.45, 7) is 5.07. The summed E-state index contributed by atoms with van der Waals surface area (Å²) in [6.07, 6.45) is 75.6. The molecule has 59 heavy (non-hydrogen) atoms. The highest BCUT2D eigenvalue weighted by molar-refractivity contribution is 5.69. The molecule has 1 atom stereocenters. The average molecular weight is 815 g/mol. The Morgan fingerprint density at radius 1 is 0.407 bits per heavy atom. The number of hydrogen-bond donors (Lipinski definition) is 1. The first-order valence-electron chi connectivity index (χ1n) is 24.1. The van der Waals surface area contributed by atoms with Crippen LogP contribution in [0.15, 0.2) is 122 Å². The number of hydrogen-bond acceptors (Lipinski definition) is 4. The van der Waals surface area contributed by atoms with Crippen LogP contribution in [0.5, 0.6) is 0 Å². The van der Waals surface area contributed by atoms with Crippen molar-refractivity contribution in [1.29, 1.82) is 0 Å². The Morgan fingerprint density at radius 3 is 1.07 bits per heavy atom. The van der Waals surface area contributed by atoms with Crippen molar-refractivity contribution in [2.24, 2.45) is 0 Å². The van der Waals surface area contributed by atoms with Gasteiger partial charge in [0.2, 0.25) is 0 Å². The van der Waals surface area contributed by atoms with Crippen LogP contribution in [0.2, 0.25) is 0 Å². The van der Waals surface area contributed by atoms with Crippen LogP contribution in [0.1, 0.15) is 194 Å². The molecule has 0 aromatic rings. The molecular weight excluding hydrogens is 725 g/mol. The van der Waals surface area contributed by atoms with Crippen molar-refractivity contribution in [1.82, 2.24) is 0 Å². The van der Waals surface area contributed by atoms with Crippen LogP contribution >= 0.6 is 0 Å². The highest BCUT2D eigenvalue weighted by Gasteiger charge is 2.13. The molecule has 4 heteroatoms. The van der Waals surface area contributed by atoms with Gasteiger partial charge < -0.3 is 14.6 Å². The lowest BCUT2D eigenvalue weighted by Gasteiger charge is -2.15. The van der Waals surface area contributed by atoms with Crippen LogP contribution < -0.4 is 0 Å². The molecule has 0 saturated heterocycles. The molecule has 0 rings (SSSR count). The van der Waals surface area contributed by atoms with Gasteiger partial charge >= 0.3 is 5.97 Å². The van der Waals surface area contributed by atoms with Crippen LogP contribution in [0.4, 0.5) is 0 Å². The summed E-state index contributed by atoms with van der Waals surface area (Å²) in [7, 11) is 0. The zero-order valence-corrected chi connectivity index (χ0v) is 38.2. The van der Waals surface area contributed by atoms with E-state index < -0.39 is 6.10 Å². The molecular formula is C55H90O4. The molecule has 0 fully saturated rings. The number of esters is 1. The fourth-order valence-electron chi connectivity index (χ4n) is 6.26. The summed E-state index contributed by atoms with van der Waals surface area (Å²) in [6, 6.07) is 0. The maximum Gasteiger partial charge on any atom is 0.306 e. The monoisotopic (exact) mass is 815 g/mol. The number of carbonyl (C=O) groups excluding carboxylic acids is 1. The molecule has 0 saturated carbocycles. The van der Waals surface area contributed by atoms with Crippen LogP contribution in [-0.4, -0.2) is 37.0 Å². The van der Waals surface area contributed by atoms with Crippen molar-refractivity contribution >= 4 is 5.97 Å². The lowest BCUT2D eigenvalue weighted by atomic mass is 10.1. The van der Waals surface area contributed by atoms with E-state index in [1.807, 2.05) is 0 Å². The molecule has 0 radical (unpaired) electrons. The zero-order valence-electron chi connectivity index (χ0n) is 38.2. The van der Waals surface area contributed by atoms with Gasteiger partial charge in [-0.15, -0.1) is 0 Å². The van der Waals surface area contributed by atoms with Gasteiger partial charge in [0.25, 0.3) is 0 Å². The van der Waals surface area contributed by atoms with Gasteiger partial charge in [0.15, 0.2) is 0 Å². The van der Waals surface area contributed by atoms with Crippen LogP contribution in [0.25, 0.3) is 0 Å². The highest BCUT2D eigenvalue weighted by atomic mass is 16.6. The third-order valence-corrected chi connectivity index (χ3v) is 9.78. The molecule has 0 aliphatic heterocycles. The maximum absolute atomic E-state index is 12.3.